The highest BCUT2D eigenvalue weighted by molar-refractivity contribution is 5.94. The van der Waals surface area contributed by atoms with Crippen LogP contribution in [0, 0.1) is 5.92 Å². The summed E-state index contributed by atoms with van der Waals surface area (Å²) in [6, 6.07) is 1.56. The third kappa shape index (κ3) is 8.16. The third-order valence-electron chi connectivity index (χ3n) is 4.02. The van der Waals surface area contributed by atoms with Gasteiger partial charge in [-0.2, -0.15) is 0 Å². The van der Waals surface area contributed by atoms with Crippen LogP contribution in [0.2, 0.25) is 0 Å². The number of aromatic nitrogens is 1. The summed E-state index contributed by atoms with van der Waals surface area (Å²) in [5, 5.41) is 6.30. The molecule has 1 heterocycles. The molecule has 0 saturated heterocycles. The van der Waals surface area contributed by atoms with Crippen LogP contribution in [0.3, 0.4) is 0 Å². The van der Waals surface area contributed by atoms with E-state index in [4.69, 9.17) is 9.26 Å². The molecular formula is C18H31N3O4. The third-order valence-corrected chi connectivity index (χ3v) is 4.02. The minimum Gasteiger partial charge on any atom is -0.382 e. The van der Waals surface area contributed by atoms with Gasteiger partial charge in [-0.25, -0.2) is 0 Å². The second kappa shape index (κ2) is 12.5. The summed E-state index contributed by atoms with van der Waals surface area (Å²) in [4.78, 5) is 26.7. The molecule has 0 bridgehead atoms. The van der Waals surface area contributed by atoms with Crippen LogP contribution in [0.4, 0.5) is 5.82 Å². The molecule has 142 valence electrons. The van der Waals surface area contributed by atoms with Crippen LogP contribution in [0.5, 0.6) is 0 Å². The number of hydrogen-bond donors (Lipinski definition) is 1. The first-order valence-corrected chi connectivity index (χ1v) is 9.19. The van der Waals surface area contributed by atoms with E-state index in [2.05, 4.69) is 17.4 Å². The molecule has 7 nitrogen and oxygen atoms in total. The summed E-state index contributed by atoms with van der Waals surface area (Å²) in [5.41, 5.74) is 0. The highest BCUT2D eigenvalue weighted by Crippen LogP contribution is 2.16. The average Bonchev–Trinajstić information content (AvgIpc) is 3.11. The van der Waals surface area contributed by atoms with Crippen LogP contribution in [0.1, 0.15) is 52.9 Å². The lowest BCUT2D eigenvalue weighted by Gasteiger charge is -2.26. The quantitative estimate of drug-likeness (QED) is 0.551. The molecule has 25 heavy (non-hydrogen) atoms. The van der Waals surface area contributed by atoms with Crippen molar-refractivity contribution in [2.75, 3.05) is 31.6 Å². The molecule has 0 aliphatic heterocycles. The SMILES string of the molecule is CCCCC(CC)C(=O)N(CCCOCC)CC(=O)Nc1ccon1. The molecule has 0 aromatic carbocycles. The van der Waals surface area contributed by atoms with Crippen molar-refractivity contribution in [3.63, 3.8) is 0 Å². The molecule has 1 rings (SSSR count). The Balaban J connectivity index is 2.65. The molecule has 0 spiro atoms. The lowest BCUT2D eigenvalue weighted by Crippen LogP contribution is -2.42. The number of amides is 2. The van der Waals surface area contributed by atoms with Crippen molar-refractivity contribution in [1.82, 2.24) is 10.1 Å². The maximum Gasteiger partial charge on any atom is 0.245 e. The summed E-state index contributed by atoms with van der Waals surface area (Å²) in [5.74, 6) is 0.0865. The molecule has 7 heteroatoms. The summed E-state index contributed by atoms with van der Waals surface area (Å²) in [6.45, 7) is 7.82. The fraction of sp³-hybridized carbons (Fsp3) is 0.722. The molecule has 1 N–H and O–H groups in total. The second-order valence-electron chi connectivity index (χ2n) is 5.99. The highest BCUT2D eigenvalue weighted by atomic mass is 16.5. The van der Waals surface area contributed by atoms with Gasteiger partial charge in [0.25, 0.3) is 0 Å². The summed E-state index contributed by atoms with van der Waals surface area (Å²) < 4.78 is 10.0. The van der Waals surface area contributed by atoms with Gasteiger partial charge < -0.3 is 19.5 Å². The number of hydrogen-bond acceptors (Lipinski definition) is 5. The lowest BCUT2D eigenvalue weighted by atomic mass is 9.97. The maximum atomic E-state index is 12.9. The van der Waals surface area contributed by atoms with E-state index in [-0.39, 0.29) is 24.3 Å². The van der Waals surface area contributed by atoms with Crippen molar-refractivity contribution in [2.45, 2.75) is 52.9 Å². The van der Waals surface area contributed by atoms with Crippen LogP contribution < -0.4 is 5.32 Å². The smallest absolute Gasteiger partial charge is 0.245 e. The van der Waals surface area contributed by atoms with E-state index < -0.39 is 0 Å². The van der Waals surface area contributed by atoms with E-state index in [1.807, 2.05) is 13.8 Å². The first-order chi connectivity index (χ1) is 12.1. The normalized spacial score (nSPS) is 12.0. The number of ether oxygens (including phenoxy) is 1. The van der Waals surface area contributed by atoms with Gasteiger partial charge in [-0.05, 0) is 26.2 Å². The zero-order valence-corrected chi connectivity index (χ0v) is 15.6. The highest BCUT2D eigenvalue weighted by Gasteiger charge is 2.24. The minimum atomic E-state index is -0.274. The number of unbranched alkanes of at least 4 members (excludes halogenated alkanes) is 1. The minimum absolute atomic E-state index is 0.0143. The zero-order valence-electron chi connectivity index (χ0n) is 15.6. The van der Waals surface area contributed by atoms with Crippen molar-refractivity contribution >= 4 is 17.6 Å². The standard InChI is InChI=1S/C18H31N3O4/c1-4-7-9-15(5-2)18(23)21(11-8-12-24-6-3)14-17(22)19-16-10-13-25-20-16/h10,13,15H,4-9,11-12,14H2,1-3H3,(H,19,20,22). The topological polar surface area (TPSA) is 84.7 Å². The van der Waals surface area contributed by atoms with Gasteiger partial charge in [0.1, 0.15) is 6.26 Å². The first-order valence-electron chi connectivity index (χ1n) is 9.19. The number of nitrogens with one attached hydrogen (secondary N) is 1. The van der Waals surface area contributed by atoms with E-state index in [0.717, 1.165) is 25.7 Å². The van der Waals surface area contributed by atoms with Gasteiger partial charge in [-0.1, -0.05) is 31.8 Å². The molecular weight excluding hydrogens is 322 g/mol. The second-order valence-corrected chi connectivity index (χ2v) is 5.99. The molecule has 2 amide bonds. The summed E-state index contributed by atoms with van der Waals surface area (Å²) in [7, 11) is 0. The Kier molecular flexibility index (Phi) is 10.6. The Hall–Kier alpha value is -1.89. The summed E-state index contributed by atoms with van der Waals surface area (Å²) in [6.07, 6.45) is 5.81. The fourth-order valence-corrected chi connectivity index (χ4v) is 2.61. The average molecular weight is 353 g/mol. The van der Waals surface area contributed by atoms with Crippen LogP contribution in [-0.2, 0) is 14.3 Å². The van der Waals surface area contributed by atoms with Gasteiger partial charge in [-0.3, -0.25) is 9.59 Å². The van der Waals surface area contributed by atoms with Gasteiger partial charge in [0, 0.05) is 31.7 Å². The summed E-state index contributed by atoms with van der Waals surface area (Å²) >= 11 is 0. The van der Waals surface area contributed by atoms with Crippen molar-refractivity contribution in [3.8, 4) is 0 Å². The van der Waals surface area contributed by atoms with Crippen molar-refractivity contribution < 1.29 is 18.8 Å². The molecule has 0 saturated carbocycles. The Bertz CT molecular complexity index is 491. The fourth-order valence-electron chi connectivity index (χ4n) is 2.61. The van der Waals surface area contributed by atoms with Gasteiger partial charge >= 0.3 is 0 Å². The number of anilines is 1. The van der Waals surface area contributed by atoms with Gasteiger partial charge in [0.15, 0.2) is 5.82 Å². The predicted octanol–water partition coefficient (Wildman–Crippen LogP) is 3.08. The molecule has 0 aliphatic rings. The van der Waals surface area contributed by atoms with E-state index in [1.165, 1.54) is 6.26 Å². The Morgan fingerprint density at radius 3 is 2.72 bits per heavy atom. The monoisotopic (exact) mass is 353 g/mol. The van der Waals surface area contributed by atoms with Crippen molar-refractivity contribution in [2.24, 2.45) is 5.92 Å². The molecule has 1 aromatic rings. The molecule has 1 atom stereocenters. The van der Waals surface area contributed by atoms with Gasteiger partial charge in [-0.15, -0.1) is 0 Å². The Morgan fingerprint density at radius 1 is 1.32 bits per heavy atom. The largest absolute Gasteiger partial charge is 0.382 e. The van der Waals surface area contributed by atoms with Crippen molar-refractivity contribution in [3.05, 3.63) is 12.3 Å². The van der Waals surface area contributed by atoms with Crippen molar-refractivity contribution in [1.29, 1.82) is 0 Å². The Labute approximate surface area is 150 Å². The van der Waals surface area contributed by atoms with Crippen LogP contribution in [0.15, 0.2) is 16.9 Å². The number of rotatable bonds is 13. The molecule has 0 fully saturated rings. The molecule has 0 aliphatic carbocycles. The van der Waals surface area contributed by atoms with E-state index >= 15 is 0 Å². The molecule has 1 aromatic heterocycles. The molecule has 0 radical (unpaired) electrons. The van der Waals surface area contributed by atoms with Crippen LogP contribution >= 0.6 is 0 Å². The predicted molar refractivity (Wildman–Crippen MR) is 96.1 cm³/mol. The maximum absolute atomic E-state index is 12.9. The number of nitrogens with zero attached hydrogens (tertiary/aromatic N) is 2. The lowest BCUT2D eigenvalue weighted by molar-refractivity contribution is -0.139. The van der Waals surface area contributed by atoms with Crippen LogP contribution in [0.25, 0.3) is 0 Å². The van der Waals surface area contributed by atoms with E-state index in [9.17, 15) is 9.59 Å². The van der Waals surface area contributed by atoms with E-state index in [0.29, 0.717) is 32.0 Å². The molecule has 1 unspecified atom stereocenters. The number of carbonyl (C=O) groups is 2. The first kappa shape index (κ1) is 21.2. The van der Waals surface area contributed by atoms with Crippen LogP contribution in [-0.4, -0.2) is 48.2 Å². The zero-order chi connectivity index (χ0) is 18.5. The Morgan fingerprint density at radius 2 is 2.12 bits per heavy atom. The van der Waals surface area contributed by atoms with Gasteiger partial charge in [0.05, 0.1) is 6.54 Å². The number of carbonyl (C=O) groups excluding carboxylic acids is 2. The van der Waals surface area contributed by atoms with E-state index in [1.54, 1.807) is 11.0 Å². The van der Waals surface area contributed by atoms with Gasteiger partial charge in [0.2, 0.25) is 11.8 Å².